The maximum Gasteiger partial charge on any atom is 0.265 e. The number of primary amides is 1. The van der Waals surface area contributed by atoms with Gasteiger partial charge < -0.3 is 15.2 Å². The zero-order valence-corrected chi connectivity index (χ0v) is 14.7. The average molecular weight is 360 g/mol. The zero-order valence-electron chi connectivity index (χ0n) is 13.1. The van der Waals surface area contributed by atoms with Gasteiger partial charge in [0.2, 0.25) is 15.9 Å². The van der Waals surface area contributed by atoms with Gasteiger partial charge in [-0.25, -0.2) is 8.42 Å². The average Bonchev–Trinajstić information content (AvgIpc) is 2.90. The van der Waals surface area contributed by atoms with Crippen LogP contribution < -0.4 is 5.73 Å². The molecule has 10 heteroatoms. The van der Waals surface area contributed by atoms with Crippen molar-refractivity contribution in [3.05, 3.63) is 18.0 Å². The molecule has 2 heterocycles. The van der Waals surface area contributed by atoms with Crippen LogP contribution in [-0.2, 0) is 21.9 Å². The molecule has 1 fully saturated rings. The van der Waals surface area contributed by atoms with Crippen molar-refractivity contribution in [1.82, 2.24) is 13.8 Å². The first-order valence-electron chi connectivity index (χ1n) is 7.00. The lowest BCUT2D eigenvalue weighted by atomic mass is 10.3. The minimum Gasteiger partial charge on any atom is -0.364 e. The van der Waals surface area contributed by atoms with E-state index in [4.69, 9.17) is 5.73 Å². The molecule has 1 aliphatic rings. The van der Waals surface area contributed by atoms with Gasteiger partial charge in [0.05, 0.1) is 5.75 Å². The van der Waals surface area contributed by atoms with Crippen molar-refractivity contribution in [3.63, 3.8) is 0 Å². The second kappa shape index (κ2) is 6.93. The first kappa shape index (κ1) is 17.8. The summed E-state index contributed by atoms with van der Waals surface area (Å²) in [5.74, 6) is -0.264. The van der Waals surface area contributed by atoms with Crippen LogP contribution in [0.5, 0.6) is 0 Å². The fraction of sp³-hybridized carbons (Fsp3) is 0.538. The Bertz CT molecular complexity index is 706. The van der Waals surface area contributed by atoms with Crippen LogP contribution in [0.25, 0.3) is 0 Å². The van der Waals surface area contributed by atoms with Gasteiger partial charge in [-0.15, -0.1) is 0 Å². The topological polar surface area (TPSA) is 106 Å². The van der Waals surface area contributed by atoms with Crippen LogP contribution in [0, 0.1) is 0 Å². The van der Waals surface area contributed by atoms with E-state index in [0.717, 1.165) is 0 Å². The smallest absolute Gasteiger partial charge is 0.265 e. The third kappa shape index (κ3) is 3.70. The Morgan fingerprint density at radius 2 is 1.87 bits per heavy atom. The van der Waals surface area contributed by atoms with E-state index in [0.29, 0.717) is 18.8 Å². The predicted octanol–water partition coefficient (Wildman–Crippen LogP) is -0.680. The van der Waals surface area contributed by atoms with Crippen LogP contribution in [0.4, 0.5) is 0 Å². The van der Waals surface area contributed by atoms with E-state index in [1.807, 2.05) is 6.26 Å². The molecule has 1 saturated heterocycles. The summed E-state index contributed by atoms with van der Waals surface area (Å²) in [6.45, 7) is 1.22. The molecule has 128 valence electrons. The molecule has 8 nitrogen and oxygen atoms in total. The highest BCUT2D eigenvalue weighted by Gasteiger charge is 2.31. The van der Waals surface area contributed by atoms with Crippen molar-refractivity contribution in [2.24, 2.45) is 12.8 Å². The summed E-state index contributed by atoms with van der Waals surface area (Å²) in [5, 5.41) is 0. The van der Waals surface area contributed by atoms with Gasteiger partial charge in [-0.3, -0.25) is 9.59 Å². The number of piperazine rings is 1. The van der Waals surface area contributed by atoms with E-state index >= 15 is 0 Å². The van der Waals surface area contributed by atoms with Gasteiger partial charge in [-0.2, -0.15) is 16.1 Å². The number of hydrogen-bond acceptors (Lipinski definition) is 5. The van der Waals surface area contributed by atoms with Crippen LogP contribution >= 0.6 is 11.8 Å². The molecule has 1 aliphatic heterocycles. The van der Waals surface area contributed by atoms with E-state index in [9.17, 15) is 18.0 Å². The summed E-state index contributed by atoms with van der Waals surface area (Å²) in [5.41, 5.74) is 5.35. The Balaban J connectivity index is 2.12. The lowest BCUT2D eigenvalue weighted by Gasteiger charge is -2.33. The summed E-state index contributed by atoms with van der Waals surface area (Å²) in [4.78, 5) is 24.8. The van der Waals surface area contributed by atoms with Gasteiger partial charge in [0, 0.05) is 39.4 Å². The number of nitrogens with two attached hydrogens (primary N) is 1. The Labute approximate surface area is 139 Å². The van der Waals surface area contributed by atoms with Gasteiger partial charge in [0.1, 0.15) is 10.6 Å². The van der Waals surface area contributed by atoms with Crippen molar-refractivity contribution < 1.29 is 18.0 Å². The number of thioether (sulfide) groups is 1. The molecule has 0 unspecified atom stereocenters. The molecule has 0 bridgehead atoms. The number of sulfonamides is 1. The quantitative estimate of drug-likeness (QED) is 0.749. The highest BCUT2D eigenvalue weighted by Crippen LogP contribution is 2.20. The van der Waals surface area contributed by atoms with Gasteiger partial charge in [-0.05, 0) is 12.3 Å². The number of hydrogen-bond donors (Lipinski definition) is 1. The Kier molecular flexibility index (Phi) is 5.37. The minimum atomic E-state index is -3.70. The van der Waals surface area contributed by atoms with Crippen LogP contribution in [0.2, 0.25) is 0 Å². The van der Waals surface area contributed by atoms with E-state index in [1.165, 1.54) is 32.9 Å². The molecule has 2 amide bonds. The monoisotopic (exact) mass is 360 g/mol. The lowest BCUT2D eigenvalue weighted by molar-refractivity contribution is -0.129. The number of aromatic nitrogens is 1. The van der Waals surface area contributed by atoms with Crippen LogP contribution in [0.3, 0.4) is 0 Å². The molecule has 23 heavy (non-hydrogen) atoms. The molecule has 2 rings (SSSR count). The molecule has 0 radical (unpaired) electrons. The molecule has 2 N–H and O–H groups in total. The van der Waals surface area contributed by atoms with Crippen molar-refractivity contribution in [2.75, 3.05) is 38.2 Å². The maximum atomic E-state index is 12.6. The van der Waals surface area contributed by atoms with Crippen molar-refractivity contribution in [3.8, 4) is 0 Å². The Hall–Kier alpha value is -1.52. The SMILES string of the molecule is CSCC(=O)N1CCN(S(=O)(=O)c2cc(C(N)=O)n(C)c2)CC1. The molecule has 1 aromatic rings. The summed E-state index contributed by atoms with van der Waals surface area (Å²) < 4.78 is 28.0. The number of carbonyl (C=O) groups is 2. The van der Waals surface area contributed by atoms with E-state index < -0.39 is 15.9 Å². The summed E-state index contributed by atoms with van der Waals surface area (Å²) in [7, 11) is -2.13. The third-order valence-corrected chi connectivity index (χ3v) is 6.13. The van der Waals surface area contributed by atoms with E-state index in [-0.39, 0.29) is 29.6 Å². The molecule has 1 aromatic heterocycles. The molecule has 0 saturated carbocycles. The highest BCUT2D eigenvalue weighted by atomic mass is 32.2. The van der Waals surface area contributed by atoms with Gasteiger partial charge in [0.15, 0.2) is 0 Å². The second-order valence-electron chi connectivity index (χ2n) is 5.25. The largest absolute Gasteiger partial charge is 0.364 e. The molecule has 0 aromatic carbocycles. The van der Waals surface area contributed by atoms with Gasteiger partial charge >= 0.3 is 0 Å². The maximum absolute atomic E-state index is 12.6. The molecule has 0 atom stereocenters. The fourth-order valence-corrected chi connectivity index (χ4v) is 4.39. The zero-order chi connectivity index (χ0) is 17.2. The predicted molar refractivity (Wildman–Crippen MR) is 87.7 cm³/mol. The molecular weight excluding hydrogens is 340 g/mol. The number of rotatable bonds is 5. The third-order valence-electron chi connectivity index (χ3n) is 3.73. The first-order valence-corrected chi connectivity index (χ1v) is 9.83. The molecular formula is C13H20N4O4S2. The normalized spacial score (nSPS) is 16.5. The highest BCUT2D eigenvalue weighted by molar-refractivity contribution is 7.99. The summed E-state index contributed by atoms with van der Waals surface area (Å²) >= 11 is 1.44. The number of nitrogens with zero attached hydrogens (tertiary/aromatic N) is 3. The van der Waals surface area contributed by atoms with Crippen molar-refractivity contribution in [2.45, 2.75) is 4.90 Å². The summed E-state index contributed by atoms with van der Waals surface area (Å²) in [6, 6.07) is 1.28. The Morgan fingerprint density at radius 1 is 1.26 bits per heavy atom. The van der Waals surface area contributed by atoms with Crippen molar-refractivity contribution in [1.29, 1.82) is 0 Å². The summed E-state index contributed by atoms with van der Waals surface area (Å²) in [6.07, 6.45) is 3.23. The Morgan fingerprint density at radius 3 is 2.35 bits per heavy atom. The number of amides is 2. The molecule has 0 aliphatic carbocycles. The van der Waals surface area contributed by atoms with Crippen LogP contribution in [-0.4, -0.2) is 72.2 Å². The van der Waals surface area contributed by atoms with Crippen LogP contribution in [0.1, 0.15) is 10.5 Å². The first-order chi connectivity index (χ1) is 10.8. The van der Waals surface area contributed by atoms with E-state index in [1.54, 1.807) is 11.9 Å². The van der Waals surface area contributed by atoms with Crippen molar-refractivity contribution >= 4 is 33.6 Å². The second-order valence-corrected chi connectivity index (χ2v) is 8.06. The van der Waals surface area contributed by atoms with Gasteiger partial charge in [0.25, 0.3) is 5.91 Å². The van der Waals surface area contributed by atoms with Crippen LogP contribution in [0.15, 0.2) is 17.2 Å². The molecule has 0 spiro atoms. The number of aryl methyl sites for hydroxylation is 1. The standard InChI is InChI=1S/C13H20N4O4S2/c1-15-8-10(7-11(15)13(14)19)23(20,21)17-5-3-16(4-6-17)12(18)9-22-2/h7-8H,3-6,9H2,1-2H3,(H2,14,19). The lowest BCUT2D eigenvalue weighted by Crippen LogP contribution is -2.50. The van der Waals surface area contributed by atoms with Gasteiger partial charge in [-0.1, -0.05) is 0 Å². The number of carbonyl (C=O) groups excluding carboxylic acids is 2. The fourth-order valence-electron chi connectivity index (χ4n) is 2.46. The van der Waals surface area contributed by atoms with E-state index in [2.05, 4.69) is 0 Å². The minimum absolute atomic E-state index is 0.0188.